The van der Waals surface area contributed by atoms with Gasteiger partial charge in [0.25, 0.3) is 5.91 Å². The van der Waals surface area contributed by atoms with Gasteiger partial charge < -0.3 is 20.7 Å². The number of nitrogen functional groups attached to an aromatic ring is 1. The number of anilines is 2. The van der Waals surface area contributed by atoms with Crippen LogP contribution in [0.15, 0.2) is 48.7 Å². The highest BCUT2D eigenvalue weighted by Crippen LogP contribution is 2.35. The highest BCUT2D eigenvalue weighted by atomic mass is 35.5. The molecule has 158 valence electrons. The number of hydrogen-bond acceptors (Lipinski definition) is 5. The fraction of sp³-hybridized carbons (Fsp3) is 0.174. The first-order valence-electron chi connectivity index (χ1n) is 9.69. The average Bonchev–Trinajstić information content (AvgIpc) is 3.04. The van der Waals surface area contributed by atoms with E-state index in [4.69, 9.17) is 17.3 Å². The molecule has 0 saturated carbocycles. The zero-order valence-electron chi connectivity index (χ0n) is 17.3. The predicted molar refractivity (Wildman–Crippen MR) is 123 cm³/mol. The van der Waals surface area contributed by atoms with E-state index in [-0.39, 0.29) is 0 Å². The molecule has 0 radical (unpaired) electrons. The lowest BCUT2D eigenvalue weighted by molar-refractivity contribution is -0.124. The third-order valence-corrected chi connectivity index (χ3v) is 5.39. The van der Waals surface area contributed by atoms with Gasteiger partial charge in [-0.3, -0.25) is 4.79 Å². The van der Waals surface area contributed by atoms with Gasteiger partial charge in [-0.15, -0.1) is 0 Å². The Morgan fingerprint density at radius 3 is 2.65 bits per heavy atom. The number of carbonyl (C=O) groups excluding carboxylic acids is 1. The number of fused-ring (bicyclic) bond motifs is 1. The number of aromatic nitrogens is 3. The van der Waals surface area contributed by atoms with Crippen LogP contribution in [-0.2, 0) is 11.8 Å². The quantitative estimate of drug-likeness (QED) is 0.446. The summed E-state index contributed by atoms with van der Waals surface area (Å²) in [6.45, 7) is 3.76. The second kappa shape index (κ2) is 8.02. The molecular formula is C23H22ClN5O2. The lowest BCUT2D eigenvalue weighted by atomic mass is 10.00. The Morgan fingerprint density at radius 1 is 1.16 bits per heavy atom. The fourth-order valence-corrected chi connectivity index (χ4v) is 3.90. The first kappa shape index (κ1) is 20.8. The second-order valence-corrected chi connectivity index (χ2v) is 7.92. The molecule has 1 unspecified atom stereocenters. The molecule has 7 nitrogen and oxygen atoms in total. The zero-order valence-corrected chi connectivity index (χ0v) is 18.1. The van der Waals surface area contributed by atoms with Gasteiger partial charge in [0.05, 0.1) is 5.39 Å². The summed E-state index contributed by atoms with van der Waals surface area (Å²) in [6, 6.07) is 12.1. The Hall–Kier alpha value is -3.42. The molecule has 4 aromatic rings. The highest BCUT2D eigenvalue weighted by Gasteiger charge is 2.19. The minimum atomic E-state index is -1.32. The number of halogens is 1. The summed E-state index contributed by atoms with van der Waals surface area (Å²) in [5, 5.41) is 14.4. The van der Waals surface area contributed by atoms with Crippen LogP contribution in [-0.4, -0.2) is 25.5 Å². The molecule has 2 aromatic carbocycles. The van der Waals surface area contributed by atoms with Crippen LogP contribution in [0.4, 0.5) is 11.5 Å². The van der Waals surface area contributed by atoms with E-state index in [1.165, 1.54) is 0 Å². The minimum absolute atomic E-state index is 0.430. The van der Waals surface area contributed by atoms with E-state index in [1.807, 2.05) is 43.8 Å². The van der Waals surface area contributed by atoms with Crippen molar-refractivity contribution in [1.82, 2.24) is 14.5 Å². The van der Waals surface area contributed by atoms with Crippen molar-refractivity contribution in [3.8, 4) is 11.1 Å². The van der Waals surface area contributed by atoms with Crippen molar-refractivity contribution in [3.05, 3.63) is 70.6 Å². The smallest absolute Gasteiger partial charge is 0.257 e. The van der Waals surface area contributed by atoms with Crippen molar-refractivity contribution in [2.75, 3.05) is 11.1 Å². The van der Waals surface area contributed by atoms with Crippen molar-refractivity contribution in [3.63, 3.8) is 0 Å². The zero-order chi connectivity index (χ0) is 22.3. The number of nitrogens with zero attached hydrogens (tertiary/aromatic N) is 3. The Kier molecular flexibility index (Phi) is 5.39. The van der Waals surface area contributed by atoms with Gasteiger partial charge in [0.15, 0.2) is 6.10 Å². The molecule has 2 aromatic heterocycles. The van der Waals surface area contributed by atoms with Crippen molar-refractivity contribution in [2.45, 2.75) is 20.0 Å². The van der Waals surface area contributed by atoms with E-state index >= 15 is 0 Å². The largest absolute Gasteiger partial charge is 0.383 e. The number of aryl methyl sites for hydroxylation is 3. The molecule has 31 heavy (non-hydrogen) atoms. The topological polar surface area (TPSA) is 106 Å². The van der Waals surface area contributed by atoms with E-state index in [2.05, 4.69) is 15.3 Å². The van der Waals surface area contributed by atoms with Crippen molar-refractivity contribution in [1.29, 1.82) is 0 Å². The average molecular weight is 436 g/mol. The summed E-state index contributed by atoms with van der Waals surface area (Å²) in [5.41, 5.74) is 10.8. The summed E-state index contributed by atoms with van der Waals surface area (Å²) >= 11 is 5.95. The van der Waals surface area contributed by atoms with E-state index < -0.39 is 12.0 Å². The SMILES string of the molecule is Cc1nc(N)c2c(-c3ccc(NC(=O)C(O)c4cccc(Cl)c4)cc3C)cn(C)c2n1. The van der Waals surface area contributed by atoms with Crippen molar-refractivity contribution in [2.24, 2.45) is 7.05 Å². The number of amides is 1. The van der Waals surface area contributed by atoms with Gasteiger partial charge in [-0.25, -0.2) is 9.97 Å². The van der Waals surface area contributed by atoms with Gasteiger partial charge in [0.1, 0.15) is 17.3 Å². The summed E-state index contributed by atoms with van der Waals surface area (Å²) in [4.78, 5) is 21.3. The first-order valence-corrected chi connectivity index (χ1v) is 10.1. The standard InChI is InChI=1S/C23H22ClN5O2/c1-12-9-16(28-23(31)20(30)14-5-4-6-15(24)10-14)7-8-17(12)18-11-29(3)22-19(18)21(25)26-13(2)27-22/h4-11,20,30H,1-3H3,(H,28,31)(H2,25,26,27). The maximum atomic E-state index is 12.5. The van der Waals surface area contributed by atoms with Gasteiger partial charge in [0.2, 0.25) is 0 Å². The summed E-state index contributed by atoms with van der Waals surface area (Å²) < 4.78 is 1.92. The molecule has 8 heteroatoms. The predicted octanol–water partition coefficient (Wildman–Crippen LogP) is 4.16. The number of rotatable bonds is 4. The Morgan fingerprint density at radius 2 is 1.94 bits per heavy atom. The van der Waals surface area contributed by atoms with Crippen LogP contribution in [0.5, 0.6) is 0 Å². The Balaban J connectivity index is 1.64. The van der Waals surface area contributed by atoms with Crippen LogP contribution in [0.25, 0.3) is 22.2 Å². The molecule has 0 aliphatic rings. The lowest BCUT2D eigenvalue weighted by Crippen LogP contribution is -2.20. The molecule has 2 heterocycles. The first-order chi connectivity index (χ1) is 14.7. The molecular weight excluding hydrogens is 414 g/mol. The summed E-state index contributed by atoms with van der Waals surface area (Å²) in [7, 11) is 1.92. The molecule has 4 N–H and O–H groups in total. The molecule has 1 amide bonds. The fourth-order valence-electron chi connectivity index (χ4n) is 3.70. The number of benzene rings is 2. The molecule has 0 aliphatic heterocycles. The minimum Gasteiger partial charge on any atom is -0.383 e. The van der Waals surface area contributed by atoms with Crippen LogP contribution in [0.1, 0.15) is 23.1 Å². The van der Waals surface area contributed by atoms with Crippen LogP contribution in [0.2, 0.25) is 5.02 Å². The van der Waals surface area contributed by atoms with E-state index in [0.717, 1.165) is 27.7 Å². The van der Waals surface area contributed by atoms with Gasteiger partial charge >= 0.3 is 0 Å². The molecule has 0 saturated heterocycles. The van der Waals surface area contributed by atoms with Crippen LogP contribution in [0.3, 0.4) is 0 Å². The van der Waals surface area contributed by atoms with Gasteiger partial charge in [0, 0.05) is 29.5 Å². The maximum absolute atomic E-state index is 12.5. The monoisotopic (exact) mass is 435 g/mol. The molecule has 1 atom stereocenters. The summed E-state index contributed by atoms with van der Waals surface area (Å²) in [6.07, 6.45) is 0.649. The van der Waals surface area contributed by atoms with Gasteiger partial charge in [-0.05, 0) is 54.8 Å². The van der Waals surface area contributed by atoms with Crippen molar-refractivity contribution < 1.29 is 9.90 Å². The van der Waals surface area contributed by atoms with Gasteiger partial charge in [-0.1, -0.05) is 29.8 Å². The molecule has 0 aliphatic carbocycles. The Labute approximate surface area is 184 Å². The normalized spacial score (nSPS) is 12.2. The maximum Gasteiger partial charge on any atom is 0.257 e. The van der Waals surface area contributed by atoms with E-state index in [9.17, 15) is 9.90 Å². The molecule has 4 rings (SSSR count). The van der Waals surface area contributed by atoms with Gasteiger partial charge in [-0.2, -0.15) is 0 Å². The van der Waals surface area contributed by atoms with Crippen LogP contribution >= 0.6 is 11.6 Å². The lowest BCUT2D eigenvalue weighted by Gasteiger charge is -2.14. The van der Waals surface area contributed by atoms with Crippen LogP contribution < -0.4 is 11.1 Å². The third kappa shape index (κ3) is 3.97. The third-order valence-electron chi connectivity index (χ3n) is 5.15. The number of hydrogen-bond donors (Lipinski definition) is 3. The Bertz CT molecular complexity index is 1320. The van der Waals surface area contributed by atoms with Crippen LogP contribution in [0, 0.1) is 13.8 Å². The molecule has 0 bridgehead atoms. The van der Waals surface area contributed by atoms with E-state index in [0.29, 0.717) is 27.9 Å². The highest BCUT2D eigenvalue weighted by molar-refractivity contribution is 6.30. The second-order valence-electron chi connectivity index (χ2n) is 7.48. The number of nitrogens with one attached hydrogen (secondary N) is 1. The number of aliphatic hydroxyl groups excluding tert-OH is 1. The van der Waals surface area contributed by atoms with E-state index in [1.54, 1.807) is 30.3 Å². The van der Waals surface area contributed by atoms with Crippen molar-refractivity contribution >= 4 is 40.0 Å². The number of aliphatic hydroxyl groups is 1. The molecule has 0 fully saturated rings. The number of nitrogens with two attached hydrogens (primary N) is 1. The molecule has 0 spiro atoms. The number of carbonyl (C=O) groups is 1. The summed E-state index contributed by atoms with van der Waals surface area (Å²) in [5.74, 6) is 0.512.